The van der Waals surface area contributed by atoms with Gasteiger partial charge in [-0.15, -0.1) is 23.2 Å². The van der Waals surface area contributed by atoms with Crippen LogP contribution in [0, 0.1) is 0 Å². The molecule has 2 unspecified atom stereocenters. The molecule has 0 aliphatic rings. The van der Waals surface area contributed by atoms with Gasteiger partial charge in [0.2, 0.25) is 0 Å². The Morgan fingerprint density at radius 1 is 0.378 bits per heavy atom. The summed E-state index contributed by atoms with van der Waals surface area (Å²) in [6.07, 6.45) is 46.3. The molecule has 45 heavy (non-hydrogen) atoms. The zero-order valence-corrected chi connectivity index (χ0v) is 31.6. The van der Waals surface area contributed by atoms with Gasteiger partial charge < -0.3 is 14.2 Å². The lowest BCUT2D eigenvalue weighted by atomic mass is 10.1. The van der Waals surface area contributed by atoms with Gasteiger partial charge in [-0.1, -0.05) is 140 Å². The van der Waals surface area contributed by atoms with Crippen LogP contribution in [0.2, 0.25) is 0 Å². The average molecular weight is 676 g/mol. The van der Waals surface area contributed by atoms with Crippen molar-refractivity contribution in [3.8, 4) is 0 Å². The maximum atomic E-state index is 5.79. The van der Waals surface area contributed by atoms with Crippen LogP contribution in [0.25, 0.3) is 0 Å². The second-order valence-electron chi connectivity index (χ2n) is 13.2. The Balaban J connectivity index is 3.35. The van der Waals surface area contributed by atoms with Gasteiger partial charge in [-0.25, -0.2) is 0 Å². The molecule has 0 saturated heterocycles. The first kappa shape index (κ1) is 44.9. The van der Waals surface area contributed by atoms with Crippen LogP contribution in [0.5, 0.6) is 0 Å². The van der Waals surface area contributed by atoms with E-state index in [1.807, 2.05) is 0 Å². The number of alkyl halides is 2. The number of allylic oxidation sites excluding steroid dienone is 4. The summed E-state index contributed by atoms with van der Waals surface area (Å²) >= 11 is 11.4. The van der Waals surface area contributed by atoms with E-state index in [2.05, 4.69) is 38.2 Å². The van der Waals surface area contributed by atoms with E-state index in [0.717, 1.165) is 37.4 Å². The Kier molecular flexibility index (Phi) is 40.1. The fourth-order valence-electron chi connectivity index (χ4n) is 5.56. The number of hydrogen-bond acceptors (Lipinski definition) is 3. The van der Waals surface area contributed by atoms with Gasteiger partial charge >= 0.3 is 0 Å². The van der Waals surface area contributed by atoms with Gasteiger partial charge in [-0.05, 0) is 78.1 Å². The summed E-state index contributed by atoms with van der Waals surface area (Å²) in [6, 6.07) is 0. The van der Waals surface area contributed by atoms with Crippen molar-refractivity contribution in [1.82, 2.24) is 0 Å². The van der Waals surface area contributed by atoms with Gasteiger partial charge in [0.05, 0.1) is 12.2 Å². The highest BCUT2D eigenvalue weighted by Crippen LogP contribution is 2.14. The molecule has 0 rings (SSSR count). The third-order valence-corrected chi connectivity index (χ3v) is 9.23. The molecule has 0 saturated carbocycles. The molecule has 0 amide bonds. The van der Waals surface area contributed by atoms with Crippen LogP contribution in [0.4, 0.5) is 0 Å². The lowest BCUT2D eigenvalue weighted by molar-refractivity contribution is -0.160. The summed E-state index contributed by atoms with van der Waals surface area (Å²) in [5, 5.41) is 0. The minimum absolute atomic E-state index is 0.207. The van der Waals surface area contributed by atoms with Gasteiger partial charge in [0.25, 0.3) is 0 Å². The molecule has 0 aliphatic carbocycles. The molecule has 0 fully saturated rings. The van der Waals surface area contributed by atoms with Crippen LogP contribution in [0.15, 0.2) is 24.3 Å². The normalized spacial score (nSPS) is 13.4. The van der Waals surface area contributed by atoms with Gasteiger partial charge in [0.15, 0.2) is 0 Å². The van der Waals surface area contributed by atoms with Crippen molar-refractivity contribution < 1.29 is 14.2 Å². The summed E-state index contributed by atoms with van der Waals surface area (Å²) in [6.45, 7) is 4.86. The summed E-state index contributed by atoms with van der Waals surface area (Å²) < 4.78 is 17.1. The number of halogens is 2. The molecular weight excluding hydrogens is 599 g/mol. The molecule has 2 atom stereocenters. The molecule has 0 N–H and O–H groups in total. The van der Waals surface area contributed by atoms with Crippen molar-refractivity contribution in [2.24, 2.45) is 0 Å². The van der Waals surface area contributed by atoms with E-state index < -0.39 is 0 Å². The monoisotopic (exact) mass is 675 g/mol. The number of ether oxygens (including phenoxy) is 3. The Morgan fingerprint density at radius 3 is 0.956 bits per heavy atom. The minimum Gasteiger partial charge on any atom is -0.352 e. The third-order valence-electron chi connectivity index (χ3n) is 8.69. The van der Waals surface area contributed by atoms with Crippen LogP contribution < -0.4 is 0 Å². The average Bonchev–Trinajstić information content (AvgIpc) is 3.04. The molecule has 0 bridgehead atoms. The zero-order valence-electron chi connectivity index (χ0n) is 30.1. The Labute approximate surface area is 292 Å². The van der Waals surface area contributed by atoms with E-state index in [-0.39, 0.29) is 12.2 Å². The Morgan fingerprint density at radius 2 is 0.644 bits per heavy atom. The zero-order chi connectivity index (χ0) is 32.7. The number of unbranched alkanes of at least 4 members (excludes halogenated alkanes) is 22. The van der Waals surface area contributed by atoms with Crippen LogP contribution in [-0.2, 0) is 14.2 Å². The second-order valence-corrected chi connectivity index (χ2v) is 14.0. The number of hydrogen-bond donors (Lipinski definition) is 0. The van der Waals surface area contributed by atoms with Gasteiger partial charge in [-0.2, -0.15) is 0 Å². The highest BCUT2D eigenvalue weighted by molar-refractivity contribution is 6.18. The molecule has 3 nitrogen and oxygen atoms in total. The second kappa shape index (κ2) is 40.1. The quantitative estimate of drug-likeness (QED) is 0.0282. The first-order valence-corrected chi connectivity index (χ1v) is 20.5. The molecule has 0 aliphatic heterocycles. The summed E-state index contributed by atoms with van der Waals surface area (Å²) in [7, 11) is 0. The van der Waals surface area contributed by atoms with E-state index in [9.17, 15) is 0 Å². The predicted molar refractivity (Wildman–Crippen MR) is 201 cm³/mol. The standard InChI is InChI=1S/C40H76Cl2O3/c1-39(33-29-25-21-17-13-9-5-3-7-11-15-19-23-27-31-35-41)44-37-43-38-45-40(2)34-30-26-22-18-14-10-6-4-8-12-16-20-24-28-32-36-42/h21-22,25-26,39-40H,3-20,23-24,27-38H2,1-2H3. The van der Waals surface area contributed by atoms with E-state index in [1.165, 1.54) is 154 Å². The highest BCUT2D eigenvalue weighted by atomic mass is 35.5. The fraction of sp³-hybridized carbons (Fsp3) is 0.900. The largest absolute Gasteiger partial charge is 0.352 e. The summed E-state index contributed by atoms with van der Waals surface area (Å²) in [5.74, 6) is 1.65. The molecule has 0 aromatic rings. The minimum atomic E-state index is 0.207. The van der Waals surface area contributed by atoms with Gasteiger partial charge in [0.1, 0.15) is 13.6 Å². The van der Waals surface area contributed by atoms with Crippen LogP contribution in [0.3, 0.4) is 0 Å². The van der Waals surface area contributed by atoms with Crippen LogP contribution in [0.1, 0.15) is 194 Å². The molecule has 0 spiro atoms. The van der Waals surface area contributed by atoms with Crippen LogP contribution in [-0.4, -0.2) is 37.6 Å². The highest BCUT2D eigenvalue weighted by Gasteiger charge is 2.03. The Hall–Kier alpha value is -0.0600. The van der Waals surface area contributed by atoms with E-state index in [1.54, 1.807) is 0 Å². The molecular formula is C40H76Cl2O3. The first-order valence-electron chi connectivity index (χ1n) is 19.4. The van der Waals surface area contributed by atoms with Crippen molar-refractivity contribution >= 4 is 23.2 Å². The van der Waals surface area contributed by atoms with E-state index in [4.69, 9.17) is 37.4 Å². The van der Waals surface area contributed by atoms with Crippen molar-refractivity contribution in [2.75, 3.05) is 25.3 Å². The lowest BCUT2D eigenvalue weighted by Gasteiger charge is -2.14. The topological polar surface area (TPSA) is 27.7 Å². The smallest absolute Gasteiger partial charge is 0.149 e. The maximum absolute atomic E-state index is 5.79. The maximum Gasteiger partial charge on any atom is 0.149 e. The molecule has 268 valence electrons. The third kappa shape index (κ3) is 40.0. The molecule has 0 aromatic heterocycles. The van der Waals surface area contributed by atoms with Gasteiger partial charge in [0, 0.05) is 11.8 Å². The number of rotatable bonds is 38. The van der Waals surface area contributed by atoms with Crippen LogP contribution >= 0.6 is 23.2 Å². The predicted octanol–water partition coefficient (Wildman–Crippen LogP) is 14.2. The lowest BCUT2D eigenvalue weighted by Crippen LogP contribution is -2.15. The van der Waals surface area contributed by atoms with Gasteiger partial charge in [-0.3, -0.25) is 0 Å². The van der Waals surface area contributed by atoms with E-state index in [0.29, 0.717) is 13.6 Å². The van der Waals surface area contributed by atoms with Crippen molar-refractivity contribution in [3.05, 3.63) is 24.3 Å². The SMILES string of the molecule is CC(CCC=CCCCCCCCCCCCCCCl)OCOCOC(C)CCC=CCCCCCCCCCCCCCCl. The summed E-state index contributed by atoms with van der Waals surface area (Å²) in [4.78, 5) is 0. The van der Waals surface area contributed by atoms with E-state index >= 15 is 0 Å². The first-order chi connectivity index (χ1) is 22.2. The molecule has 0 radical (unpaired) electrons. The molecule has 0 aromatic carbocycles. The fourth-order valence-corrected chi connectivity index (χ4v) is 5.94. The molecule has 0 heterocycles. The van der Waals surface area contributed by atoms with Crippen molar-refractivity contribution in [3.63, 3.8) is 0 Å². The molecule has 5 heteroatoms. The van der Waals surface area contributed by atoms with Crippen molar-refractivity contribution in [2.45, 2.75) is 206 Å². The van der Waals surface area contributed by atoms with Crippen molar-refractivity contribution in [1.29, 1.82) is 0 Å². The Bertz CT molecular complexity index is 548. The summed E-state index contributed by atoms with van der Waals surface area (Å²) in [5.41, 5.74) is 0.